The van der Waals surface area contributed by atoms with Gasteiger partial charge in [0.1, 0.15) is 6.04 Å². The minimum Gasteiger partial charge on any atom is -0.381 e. The maximum atomic E-state index is 12.0. The number of nitrogens with zero attached hydrogens (tertiary/aromatic N) is 1. The number of ether oxygens (including phenoxy) is 1. The number of amides is 1. The van der Waals surface area contributed by atoms with Crippen molar-refractivity contribution in [2.24, 2.45) is 10.9 Å². The first-order valence-corrected chi connectivity index (χ1v) is 7.29. The second-order valence-electron chi connectivity index (χ2n) is 5.28. The van der Waals surface area contributed by atoms with E-state index in [1.165, 1.54) is 0 Å². The molecule has 1 amide bonds. The molecule has 5 heteroatoms. The number of benzodiazepines with no additional fused rings is 1. The van der Waals surface area contributed by atoms with Crippen LogP contribution in [0.2, 0.25) is 5.02 Å². The van der Waals surface area contributed by atoms with Crippen LogP contribution in [0.4, 0.5) is 5.69 Å². The molecule has 0 radical (unpaired) electrons. The Kier molecular flexibility index (Phi) is 3.76. The van der Waals surface area contributed by atoms with Crippen molar-refractivity contribution in [3.8, 4) is 0 Å². The molecule has 2 heterocycles. The second-order valence-corrected chi connectivity index (χ2v) is 5.72. The molecule has 106 valence electrons. The molecule has 1 aromatic rings. The molecule has 0 spiro atoms. The Labute approximate surface area is 123 Å². The lowest BCUT2D eigenvalue weighted by Crippen LogP contribution is -2.27. The predicted molar refractivity (Wildman–Crippen MR) is 79.6 cm³/mol. The maximum Gasteiger partial charge on any atom is 0.248 e. The van der Waals surface area contributed by atoms with Gasteiger partial charge in [-0.1, -0.05) is 11.6 Å². The lowest BCUT2D eigenvalue weighted by molar-refractivity contribution is -0.116. The molecule has 2 atom stereocenters. The van der Waals surface area contributed by atoms with Crippen LogP contribution in [0.15, 0.2) is 23.2 Å². The van der Waals surface area contributed by atoms with Gasteiger partial charge in [-0.2, -0.15) is 0 Å². The van der Waals surface area contributed by atoms with Crippen molar-refractivity contribution in [2.45, 2.75) is 25.8 Å². The number of anilines is 1. The smallest absolute Gasteiger partial charge is 0.248 e. The van der Waals surface area contributed by atoms with E-state index >= 15 is 0 Å². The van der Waals surface area contributed by atoms with Crippen molar-refractivity contribution < 1.29 is 9.53 Å². The van der Waals surface area contributed by atoms with Crippen LogP contribution in [0.1, 0.15) is 25.3 Å². The zero-order valence-corrected chi connectivity index (χ0v) is 12.1. The highest BCUT2D eigenvalue weighted by molar-refractivity contribution is 6.31. The summed E-state index contributed by atoms with van der Waals surface area (Å²) in [7, 11) is 0. The van der Waals surface area contributed by atoms with Gasteiger partial charge in [0, 0.05) is 23.1 Å². The van der Waals surface area contributed by atoms with Gasteiger partial charge in [-0.15, -0.1) is 0 Å². The van der Waals surface area contributed by atoms with E-state index in [0.717, 1.165) is 36.4 Å². The van der Waals surface area contributed by atoms with Crippen LogP contribution in [-0.2, 0) is 9.53 Å². The van der Waals surface area contributed by atoms with Gasteiger partial charge in [0.05, 0.1) is 18.0 Å². The Morgan fingerprint density at radius 2 is 2.30 bits per heavy atom. The van der Waals surface area contributed by atoms with Gasteiger partial charge >= 0.3 is 0 Å². The molecular formula is C15H17ClN2O2. The number of aliphatic imine (C=N–C) groups is 1. The van der Waals surface area contributed by atoms with Crippen molar-refractivity contribution >= 4 is 28.9 Å². The summed E-state index contributed by atoms with van der Waals surface area (Å²) < 4.78 is 5.56. The van der Waals surface area contributed by atoms with Gasteiger partial charge in [-0.3, -0.25) is 9.79 Å². The maximum absolute atomic E-state index is 12.0. The third-order valence-corrected chi connectivity index (χ3v) is 4.01. The monoisotopic (exact) mass is 292 g/mol. The number of hydrogen-bond donors (Lipinski definition) is 1. The Morgan fingerprint density at radius 1 is 1.45 bits per heavy atom. The number of nitrogens with one attached hydrogen (secondary N) is 1. The third kappa shape index (κ3) is 2.58. The highest BCUT2D eigenvalue weighted by Gasteiger charge is 2.28. The molecule has 20 heavy (non-hydrogen) atoms. The molecule has 1 aromatic carbocycles. The molecule has 1 fully saturated rings. The summed E-state index contributed by atoms with van der Waals surface area (Å²) in [5.74, 6) is 0.152. The first-order valence-electron chi connectivity index (χ1n) is 6.91. The van der Waals surface area contributed by atoms with Crippen LogP contribution in [0.3, 0.4) is 0 Å². The Hall–Kier alpha value is -1.39. The van der Waals surface area contributed by atoms with Gasteiger partial charge in [-0.25, -0.2) is 0 Å². The van der Waals surface area contributed by atoms with Gasteiger partial charge in [-0.05, 0) is 38.0 Å². The average Bonchev–Trinajstić information content (AvgIpc) is 2.57. The van der Waals surface area contributed by atoms with Crippen molar-refractivity contribution in [1.29, 1.82) is 0 Å². The van der Waals surface area contributed by atoms with Gasteiger partial charge in [0.15, 0.2) is 0 Å². The van der Waals surface area contributed by atoms with E-state index < -0.39 is 6.04 Å². The lowest BCUT2D eigenvalue weighted by Gasteiger charge is -2.24. The predicted octanol–water partition coefficient (Wildman–Crippen LogP) is 2.90. The normalized spacial score (nSPS) is 26.3. The largest absolute Gasteiger partial charge is 0.381 e. The number of fused-ring (bicyclic) bond motifs is 1. The highest BCUT2D eigenvalue weighted by atomic mass is 35.5. The van der Waals surface area contributed by atoms with E-state index in [2.05, 4.69) is 10.3 Å². The fourth-order valence-electron chi connectivity index (χ4n) is 2.70. The van der Waals surface area contributed by atoms with Crippen LogP contribution in [0, 0.1) is 5.92 Å². The molecule has 2 unspecified atom stereocenters. The van der Waals surface area contributed by atoms with E-state index in [0.29, 0.717) is 11.6 Å². The molecular weight excluding hydrogens is 276 g/mol. The molecule has 3 rings (SSSR count). The van der Waals surface area contributed by atoms with Gasteiger partial charge in [0.2, 0.25) is 5.91 Å². The number of benzene rings is 1. The van der Waals surface area contributed by atoms with E-state index in [1.54, 1.807) is 6.07 Å². The number of halogens is 1. The zero-order chi connectivity index (χ0) is 14.1. The standard InChI is InChI=1S/C15H17ClN2O2/c1-9-15(19)18-13-7-11(16)4-5-12(13)14(17-9)10-3-2-6-20-8-10/h4-5,7,9-10H,2-3,6,8H2,1H3,(H,18,19). The van der Waals surface area contributed by atoms with Crippen LogP contribution >= 0.6 is 11.6 Å². The first kappa shape index (κ1) is 13.6. The van der Waals surface area contributed by atoms with E-state index in [1.807, 2.05) is 19.1 Å². The summed E-state index contributed by atoms with van der Waals surface area (Å²) in [6.07, 6.45) is 2.07. The van der Waals surface area contributed by atoms with Crippen LogP contribution in [0.5, 0.6) is 0 Å². The molecule has 1 N–H and O–H groups in total. The number of carbonyl (C=O) groups is 1. The summed E-state index contributed by atoms with van der Waals surface area (Å²) in [4.78, 5) is 16.7. The SMILES string of the molecule is CC1N=C(C2CCCOC2)c2ccc(Cl)cc2NC1=O. The summed E-state index contributed by atoms with van der Waals surface area (Å²) in [6, 6.07) is 5.16. The van der Waals surface area contributed by atoms with Gasteiger partial charge in [0.25, 0.3) is 0 Å². The van der Waals surface area contributed by atoms with E-state index in [-0.39, 0.29) is 11.8 Å². The second kappa shape index (κ2) is 5.54. The van der Waals surface area contributed by atoms with Crippen molar-refractivity contribution in [3.63, 3.8) is 0 Å². The van der Waals surface area contributed by atoms with Crippen LogP contribution < -0.4 is 5.32 Å². The number of carbonyl (C=O) groups excluding carboxylic acids is 1. The van der Waals surface area contributed by atoms with Crippen molar-refractivity contribution in [3.05, 3.63) is 28.8 Å². The topological polar surface area (TPSA) is 50.7 Å². The molecule has 0 aliphatic carbocycles. The highest BCUT2D eigenvalue weighted by Crippen LogP contribution is 2.29. The Balaban J connectivity index is 2.05. The summed E-state index contributed by atoms with van der Waals surface area (Å²) >= 11 is 6.03. The molecule has 0 bridgehead atoms. The minimum atomic E-state index is -0.391. The number of hydrogen-bond acceptors (Lipinski definition) is 3. The molecule has 2 aliphatic heterocycles. The summed E-state index contributed by atoms with van der Waals surface area (Å²) in [6.45, 7) is 3.29. The fourth-order valence-corrected chi connectivity index (χ4v) is 2.87. The molecule has 1 saturated heterocycles. The van der Waals surface area contributed by atoms with E-state index in [4.69, 9.17) is 16.3 Å². The average molecular weight is 293 g/mol. The molecule has 0 aromatic heterocycles. The molecule has 2 aliphatic rings. The van der Waals surface area contributed by atoms with Crippen LogP contribution in [0.25, 0.3) is 0 Å². The third-order valence-electron chi connectivity index (χ3n) is 3.77. The minimum absolute atomic E-state index is 0.0970. The van der Waals surface area contributed by atoms with Crippen molar-refractivity contribution in [2.75, 3.05) is 18.5 Å². The van der Waals surface area contributed by atoms with E-state index in [9.17, 15) is 4.79 Å². The van der Waals surface area contributed by atoms with Crippen LogP contribution in [-0.4, -0.2) is 30.9 Å². The lowest BCUT2D eigenvalue weighted by atomic mass is 9.91. The van der Waals surface area contributed by atoms with Crippen molar-refractivity contribution in [1.82, 2.24) is 0 Å². The summed E-state index contributed by atoms with van der Waals surface area (Å²) in [5.41, 5.74) is 2.67. The Bertz CT molecular complexity index is 565. The summed E-state index contributed by atoms with van der Waals surface area (Å²) in [5, 5.41) is 3.51. The molecule has 4 nitrogen and oxygen atoms in total. The first-order chi connectivity index (χ1) is 9.65. The quantitative estimate of drug-likeness (QED) is 0.865. The number of rotatable bonds is 1. The zero-order valence-electron chi connectivity index (χ0n) is 11.4. The fraction of sp³-hybridized carbons (Fsp3) is 0.467. The molecule has 0 saturated carbocycles. The van der Waals surface area contributed by atoms with Gasteiger partial charge < -0.3 is 10.1 Å². The Morgan fingerprint density at radius 3 is 3.05 bits per heavy atom.